The number of anilines is 3. The molecule has 0 fully saturated rings. The first kappa shape index (κ1) is 19.1. The molecule has 0 radical (unpaired) electrons. The number of thioether (sulfide) groups is 1. The average Bonchev–Trinajstić information content (AvgIpc) is 3.30. The molecule has 0 spiro atoms. The summed E-state index contributed by atoms with van der Waals surface area (Å²) in [5, 5.41) is 16.7. The van der Waals surface area contributed by atoms with Crippen LogP contribution < -0.4 is 21.1 Å². The summed E-state index contributed by atoms with van der Waals surface area (Å²) in [4.78, 5) is 23.4. The number of primary amides is 1. The molecule has 4 N–H and O–H groups in total. The zero-order chi connectivity index (χ0) is 19.2. The fourth-order valence-corrected chi connectivity index (χ4v) is 4.44. The first-order valence-electron chi connectivity index (χ1n) is 7.60. The van der Waals surface area contributed by atoms with E-state index in [2.05, 4.69) is 20.8 Å². The van der Waals surface area contributed by atoms with E-state index in [0.717, 1.165) is 5.69 Å². The number of nitrogens with zero attached hydrogens (tertiary/aromatic N) is 2. The van der Waals surface area contributed by atoms with Crippen LogP contribution in [0.15, 0.2) is 40.1 Å². The van der Waals surface area contributed by atoms with Gasteiger partial charge < -0.3 is 21.1 Å². The van der Waals surface area contributed by atoms with Crippen molar-refractivity contribution >= 4 is 62.1 Å². The summed E-state index contributed by atoms with van der Waals surface area (Å²) in [6, 6.07) is 9.06. The van der Waals surface area contributed by atoms with Crippen LogP contribution in [-0.4, -0.2) is 34.9 Å². The molecule has 2 amide bonds. The summed E-state index contributed by atoms with van der Waals surface area (Å²) in [5.74, 6) is 0.0107. The summed E-state index contributed by atoms with van der Waals surface area (Å²) < 4.78 is 5.93. The lowest BCUT2D eigenvalue weighted by Crippen LogP contribution is -2.17. The second-order valence-electron chi connectivity index (χ2n) is 5.06. The minimum Gasteiger partial charge on any atom is -0.495 e. The van der Waals surface area contributed by atoms with Crippen LogP contribution in [0.1, 0.15) is 10.4 Å². The van der Waals surface area contributed by atoms with Crippen molar-refractivity contribution in [2.75, 3.05) is 23.5 Å². The second kappa shape index (κ2) is 8.84. The minimum atomic E-state index is -0.574. The molecule has 3 aromatic rings. The minimum absolute atomic E-state index is 0.138. The maximum atomic E-state index is 12.1. The zero-order valence-electron chi connectivity index (χ0n) is 14.1. The first-order valence-corrected chi connectivity index (χ1v) is 10.3. The molecule has 0 unspecified atom stereocenters. The number of thiophene rings is 1. The van der Waals surface area contributed by atoms with E-state index in [1.807, 2.05) is 24.3 Å². The summed E-state index contributed by atoms with van der Waals surface area (Å²) in [7, 11) is 1.59. The van der Waals surface area contributed by atoms with Gasteiger partial charge in [-0.2, -0.15) is 0 Å². The first-order chi connectivity index (χ1) is 13.1. The Hall–Kier alpha value is -2.63. The van der Waals surface area contributed by atoms with Gasteiger partial charge in [-0.15, -0.1) is 21.5 Å². The number of nitrogens with two attached hydrogens (primary N) is 1. The highest BCUT2D eigenvalue weighted by molar-refractivity contribution is 8.01. The Morgan fingerprint density at radius 1 is 1.26 bits per heavy atom. The van der Waals surface area contributed by atoms with Crippen molar-refractivity contribution in [1.29, 1.82) is 0 Å². The Morgan fingerprint density at radius 3 is 2.85 bits per heavy atom. The van der Waals surface area contributed by atoms with E-state index in [9.17, 15) is 9.59 Å². The molecule has 2 heterocycles. The average molecular weight is 422 g/mol. The van der Waals surface area contributed by atoms with Gasteiger partial charge >= 0.3 is 0 Å². The lowest BCUT2D eigenvalue weighted by Gasteiger charge is -2.07. The van der Waals surface area contributed by atoms with Gasteiger partial charge in [-0.05, 0) is 23.6 Å². The highest BCUT2D eigenvalue weighted by Gasteiger charge is 2.14. The van der Waals surface area contributed by atoms with Crippen molar-refractivity contribution in [3.05, 3.63) is 41.3 Å². The Morgan fingerprint density at radius 2 is 2.07 bits per heavy atom. The number of nitrogens with one attached hydrogen (secondary N) is 2. The Labute approximate surface area is 167 Å². The Kier molecular flexibility index (Phi) is 6.27. The predicted octanol–water partition coefficient (Wildman–Crippen LogP) is 3.18. The molecule has 0 atom stereocenters. The number of amides is 2. The second-order valence-corrected chi connectivity index (χ2v) is 8.18. The number of carbonyl (C=O) groups is 2. The number of rotatable bonds is 8. The molecule has 0 aliphatic carbocycles. The number of carbonyl (C=O) groups excluding carboxylic acids is 2. The predicted molar refractivity (Wildman–Crippen MR) is 108 cm³/mol. The molecule has 0 aliphatic rings. The lowest BCUT2D eigenvalue weighted by molar-refractivity contribution is -0.113. The molecule has 140 valence electrons. The molecular weight excluding hydrogens is 406 g/mol. The van der Waals surface area contributed by atoms with Crippen molar-refractivity contribution < 1.29 is 14.3 Å². The fourth-order valence-electron chi connectivity index (χ4n) is 2.07. The van der Waals surface area contributed by atoms with Gasteiger partial charge in [0.25, 0.3) is 5.91 Å². The molecule has 3 rings (SSSR count). The lowest BCUT2D eigenvalue weighted by atomic mass is 10.3. The van der Waals surface area contributed by atoms with E-state index in [0.29, 0.717) is 25.8 Å². The third-order valence-electron chi connectivity index (χ3n) is 3.27. The number of benzene rings is 1. The van der Waals surface area contributed by atoms with E-state index in [-0.39, 0.29) is 11.7 Å². The molecule has 8 nitrogen and oxygen atoms in total. The highest BCUT2D eigenvalue weighted by atomic mass is 32.2. The summed E-state index contributed by atoms with van der Waals surface area (Å²) in [5.41, 5.74) is 6.35. The van der Waals surface area contributed by atoms with Crippen molar-refractivity contribution in [1.82, 2.24) is 10.2 Å². The van der Waals surface area contributed by atoms with Gasteiger partial charge in [0, 0.05) is 0 Å². The van der Waals surface area contributed by atoms with Crippen LogP contribution in [0, 0.1) is 0 Å². The Balaban J connectivity index is 1.55. The summed E-state index contributed by atoms with van der Waals surface area (Å²) in [6.45, 7) is 0. The molecule has 11 heteroatoms. The normalized spacial score (nSPS) is 10.4. The monoisotopic (exact) mass is 421 g/mol. The molecular formula is C16H15N5O3S3. The van der Waals surface area contributed by atoms with Gasteiger partial charge in [-0.1, -0.05) is 35.2 Å². The van der Waals surface area contributed by atoms with Crippen LogP contribution in [-0.2, 0) is 4.79 Å². The maximum Gasteiger partial charge on any atom is 0.251 e. The largest absolute Gasteiger partial charge is 0.495 e. The number of aromatic nitrogens is 2. The van der Waals surface area contributed by atoms with Crippen LogP contribution in [0.3, 0.4) is 0 Å². The number of methoxy groups -OCH3 is 1. The van der Waals surface area contributed by atoms with Crippen molar-refractivity contribution in [2.24, 2.45) is 5.73 Å². The van der Waals surface area contributed by atoms with Gasteiger partial charge in [0.15, 0.2) is 4.34 Å². The maximum absolute atomic E-state index is 12.1. The summed E-state index contributed by atoms with van der Waals surface area (Å²) in [6.07, 6.45) is 0. The van der Waals surface area contributed by atoms with Crippen LogP contribution in [0.25, 0.3) is 0 Å². The van der Waals surface area contributed by atoms with Crippen molar-refractivity contribution in [2.45, 2.75) is 4.34 Å². The van der Waals surface area contributed by atoms with E-state index >= 15 is 0 Å². The standard InChI is InChI=1S/C16H15N5O3S3/c1-24-11-5-3-2-4-10(11)18-15-20-21-16(27-15)26-8-12(22)19-14-9(13(17)23)6-7-25-14/h2-7H,8H2,1H3,(H2,17,23)(H,18,20)(H,19,22). The van der Waals surface area contributed by atoms with E-state index in [1.165, 1.54) is 34.4 Å². The van der Waals surface area contributed by atoms with Crippen molar-refractivity contribution in [3.8, 4) is 5.75 Å². The van der Waals surface area contributed by atoms with Gasteiger partial charge in [-0.3, -0.25) is 9.59 Å². The van der Waals surface area contributed by atoms with Gasteiger partial charge in [0.2, 0.25) is 11.0 Å². The van der Waals surface area contributed by atoms with E-state index in [4.69, 9.17) is 10.5 Å². The topological polar surface area (TPSA) is 119 Å². The molecule has 2 aromatic heterocycles. The van der Waals surface area contributed by atoms with E-state index < -0.39 is 5.91 Å². The summed E-state index contributed by atoms with van der Waals surface area (Å²) >= 11 is 3.83. The molecule has 0 saturated carbocycles. The van der Waals surface area contributed by atoms with Crippen LogP contribution >= 0.6 is 34.4 Å². The van der Waals surface area contributed by atoms with E-state index in [1.54, 1.807) is 18.6 Å². The molecule has 0 saturated heterocycles. The molecule has 1 aromatic carbocycles. The van der Waals surface area contributed by atoms with Gasteiger partial charge in [0.1, 0.15) is 10.8 Å². The highest BCUT2D eigenvalue weighted by Crippen LogP contribution is 2.31. The van der Waals surface area contributed by atoms with Crippen molar-refractivity contribution in [3.63, 3.8) is 0 Å². The third-order valence-corrected chi connectivity index (χ3v) is 6.07. The quantitative estimate of drug-likeness (QED) is 0.478. The van der Waals surface area contributed by atoms with Crippen LogP contribution in [0.5, 0.6) is 5.75 Å². The van der Waals surface area contributed by atoms with Crippen LogP contribution in [0.2, 0.25) is 0 Å². The number of hydrogen-bond acceptors (Lipinski definition) is 9. The fraction of sp³-hybridized carbons (Fsp3) is 0.125. The smallest absolute Gasteiger partial charge is 0.251 e. The Bertz CT molecular complexity index is 956. The number of ether oxygens (including phenoxy) is 1. The third kappa shape index (κ3) is 4.96. The number of para-hydroxylation sites is 2. The van der Waals surface area contributed by atoms with Crippen LogP contribution in [0.4, 0.5) is 15.8 Å². The molecule has 0 aliphatic heterocycles. The number of hydrogen-bond donors (Lipinski definition) is 3. The molecule has 27 heavy (non-hydrogen) atoms. The van der Waals surface area contributed by atoms with Gasteiger partial charge in [0.05, 0.1) is 24.1 Å². The van der Waals surface area contributed by atoms with Gasteiger partial charge in [-0.25, -0.2) is 0 Å². The SMILES string of the molecule is COc1ccccc1Nc1nnc(SCC(=O)Nc2sccc2C(N)=O)s1. The zero-order valence-corrected chi connectivity index (χ0v) is 16.5. The molecule has 0 bridgehead atoms.